The number of nitrogens with one attached hydrogen (secondary N) is 1. The predicted octanol–water partition coefficient (Wildman–Crippen LogP) is 3.84. The summed E-state index contributed by atoms with van der Waals surface area (Å²) in [5, 5.41) is 3.56. The molecular formula is C18H22N2O. The number of aromatic nitrogens is 1. The molecule has 21 heavy (non-hydrogen) atoms. The molecule has 3 nitrogen and oxygen atoms in total. The molecule has 0 aliphatic heterocycles. The van der Waals surface area contributed by atoms with Gasteiger partial charge in [0.1, 0.15) is 0 Å². The van der Waals surface area contributed by atoms with Crippen LogP contribution in [0.15, 0.2) is 42.6 Å². The highest BCUT2D eigenvalue weighted by atomic mass is 16.5. The molecule has 1 aliphatic rings. The van der Waals surface area contributed by atoms with Gasteiger partial charge in [0.2, 0.25) is 0 Å². The molecule has 1 aromatic heterocycles. The van der Waals surface area contributed by atoms with Gasteiger partial charge in [0.25, 0.3) is 0 Å². The Balaban J connectivity index is 1.73. The first-order chi connectivity index (χ1) is 10.2. The van der Waals surface area contributed by atoms with Gasteiger partial charge >= 0.3 is 0 Å². The van der Waals surface area contributed by atoms with Gasteiger partial charge in [0.15, 0.2) is 11.6 Å². The third kappa shape index (κ3) is 3.35. The molecule has 0 spiro atoms. The summed E-state index contributed by atoms with van der Waals surface area (Å²) in [6.45, 7) is 4.07. The standard InChI is InChI=1S/C18H22N2O/c1-13(2)21-17-8-5-11-19-18(17)20-16-10-9-14-6-3-4-7-15(14)12-16/h3-8,11,13,16H,9-10,12H2,1-2H3,(H,19,20). The van der Waals surface area contributed by atoms with E-state index >= 15 is 0 Å². The van der Waals surface area contributed by atoms with Crippen LogP contribution in [0.5, 0.6) is 5.75 Å². The molecule has 1 atom stereocenters. The van der Waals surface area contributed by atoms with Crippen LogP contribution in [0.3, 0.4) is 0 Å². The SMILES string of the molecule is CC(C)Oc1cccnc1NC1CCc2ccccc2C1. The number of aryl methyl sites for hydroxylation is 1. The summed E-state index contributed by atoms with van der Waals surface area (Å²) in [5.41, 5.74) is 2.93. The van der Waals surface area contributed by atoms with Gasteiger partial charge in [-0.1, -0.05) is 24.3 Å². The first-order valence-corrected chi connectivity index (χ1v) is 7.67. The predicted molar refractivity (Wildman–Crippen MR) is 85.9 cm³/mol. The van der Waals surface area contributed by atoms with Crippen molar-refractivity contribution in [2.45, 2.75) is 45.3 Å². The van der Waals surface area contributed by atoms with Gasteiger partial charge < -0.3 is 10.1 Å². The molecule has 1 N–H and O–H groups in total. The molecule has 1 aromatic carbocycles. The number of anilines is 1. The summed E-state index contributed by atoms with van der Waals surface area (Å²) in [7, 11) is 0. The van der Waals surface area contributed by atoms with Gasteiger partial charge in [-0.05, 0) is 56.4 Å². The Labute approximate surface area is 126 Å². The van der Waals surface area contributed by atoms with E-state index < -0.39 is 0 Å². The quantitative estimate of drug-likeness (QED) is 0.925. The van der Waals surface area contributed by atoms with Crippen LogP contribution in [0.4, 0.5) is 5.82 Å². The van der Waals surface area contributed by atoms with E-state index in [0.29, 0.717) is 6.04 Å². The zero-order valence-corrected chi connectivity index (χ0v) is 12.7. The van der Waals surface area contributed by atoms with Crippen LogP contribution in [-0.4, -0.2) is 17.1 Å². The van der Waals surface area contributed by atoms with Gasteiger partial charge in [-0.2, -0.15) is 0 Å². The molecule has 0 saturated carbocycles. The fourth-order valence-electron chi connectivity index (χ4n) is 2.86. The molecule has 1 aliphatic carbocycles. The third-order valence-corrected chi connectivity index (χ3v) is 3.82. The van der Waals surface area contributed by atoms with Crippen molar-refractivity contribution in [3.05, 3.63) is 53.7 Å². The first-order valence-electron chi connectivity index (χ1n) is 7.67. The molecule has 0 fully saturated rings. The maximum Gasteiger partial charge on any atom is 0.168 e. The number of fused-ring (bicyclic) bond motifs is 1. The molecule has 0 radical (unpaired) electrons. The number of pyridine rings is 1. The second-order valence-electron chi connectivity index (χ2n) is 5.87. The average molecular weight is 282 g/mol. The van der Waals surface area contributed by atoms with Crippen molar-refractivity contribution >= 4 is 5.82 Å². The van der Waals surface area contributed by atoms with Crippen molar-refractivity contribution in [3.8, 4) is 5.75 Å². The number of rotatable bonds is 4. The van der Waals surface area contributed by atoms with Gasteiger partial charge in [-0.15, -0.1) is 0 Å². The van der Waals surface area contributed by atoms with E-state index in [-0.39, 0.29) is 6.10 Å². The highest BCUT2D eigenvalue weighted by Crippen LogP contribution is 2.27. The highest BCUT2D eigenvalue weighted by Gasteiger charge is 2.19. The van der Waals surface area contributed by atoms with Crippen LogP contribution in [0.2, 0.25) is 0 Å². The highest BCUT2D eigenvalue weighted by molar-refractivity contribution is 5.51. The summed E-state index contributed by atoms with van der Waals surface area (Å²) in [6.07, 6.45) is 5.28. The lowest BCUT2D eigenvalue weighted by Crippen LogP contribution is -2.28. The third-order valence-electron chi connectivity index (χ3n) is 3.82. The van der Waals surface area contributed by atoms with E-state index in [1.54, 1.807) is 0 Å². The minimum atomic E-state index is 0.154. The summed E-state index contributed by atoms with van der Waals surface area (Å²) in [4.78, 5) is 4.45. The lowest BCUT2D eigenvalue weighted by Gasteiger charge is -2.26. The Morgan fingerprint density at radius 2 is 1.95 bits per heavy atom. The van der Waals surface area contributed by atoms with E-state index in [4.69, 9.17) is 4.74 Å². The minimum absolute atomic E-state index is 0.154. The molecule has 3 rings (SSSR count). The molecule has 2 aromatic rings. The van der Waals surface area contributed by atoms with E-state index in [1.165, 1.54) is 11.1 Å². The second kappa shape index (κ2) is 6.17. The normalized spacial score (nSPS) is 17.4. The Bertz CT molecular complexity index is 610. The summed E-state index contributed by atoms with van der Waals surface area (Å²) >= 11 is 0. The van der Waals surface area contributed by atoms with Crippen molar-refractivity contribution in [2.75, 3.05) is 5.32 Å². The van der Waals surface area contributed by atoms with Crippen molar-refractivity contribution in [1.29, 1.82) is 0 Å². The van der Waals surface area contributed by atoms with E-state index in [9.17, 15) is 0 Å². The number of hydrogen-bond donors (Lipinski definition) is 1. The molecule has 0 amide bonds. The molecule has 3 heteroatoms. The van der Waals surface area contributed by atoms with Gasteiger partial charge in [0, 0.05) is 12.2 Å². The monoisotopic (exact) mass is 282 g/mol. The number of benzene rings is 1. The lowest BCUT2D eigenvalue weighted by atomic mass is 9.88. The Hall–Kier alpha value is -2.03. The molecular weight excluding hydrogens is 260 g/mol. The minimum Gasteiger partial charge on any atom is -0.487 e. The van der Waals surface area contributed by atoms with Crippen molar-refractivity contribution < 1.29 is 4.74 Å². The molecule has 1 unspecified atom stereocenters. The Morgan fingerprint density at radius 3 is 2.76 bits per heavy atom. The molecule has 0 saturated heterocycles. The van der Waals surface area contributed by atoms with Crippen molar-refractivity contribution in [1.82, 2.24) is 4.98 Å². The van der Waals surface area contributed by atoms with Crippen LogP contribution < -0.4 is 10.1 Å². The van der Waals surface area contributed by atoms with Crippen molar-refractivity contribution in [2.24, 2.45) is 0 Å². The lowest BCUT2D eigenvalue weighted by molar-refractivity contribution is 0.242. The van der Waals surface area contributed by atoms with Gasteiger partial charge in [-0.3, -0.25) is 0 Å². The van der Waals surface area contributed by atoms with Crippen LogP contribution in [-0.2, 0) is 12.8 Å². The number of ether oxygens (including phenoxy) is 1. The topological polar surface area (TPSA) is 34.1 Å². The van der Waals surface area contributed by atoms with Crippen LogP contribution in [0.1, 0.15) is 31.4 Å². The van der Waals surface area contributed by atoms with Crippen LogP contribution >= 0.6 is 0 Å². The van der Waals surface area contributed by atoms with E-state index in [2.05, 4.69) is 34.6 Å². The fraction of sp³-hybridized carbons (Fsp3) is 0.389. The van der Waals surface area contributed by atoms with Gasteiger partial charge in [-0.25, -0.2) is 4.98 Å². The fourth-order valence-corrected chi connectivity index (χ4v) is 2.86. The number of hydrogen-bond acceptors (Lipinski definition) is 3. The second-order valence-corrected chi connectivity index (χ2v) is 5.87. The van der Waals surface area contributed by atoms with Gasteiger partial charge in [0.05, 0.1) is 6.10 Å². The molecule has 0 bridgehead atoms. The van der Waals surface area contributed by atoms with Crippen molar-refractivity contribution in [3.63, 3.8) is 0 Å². The summed E-state index contributed by atoms with van der Waals surface area (Å²) in [5.74, 6) is 1.70. The zero-order chi connectivity index (χ0) is 14.7. The van der Waals surface area contributed by atoms with E-state index in [1.807, 2.05) is 32.2 Å². The van der Waals surface area contributed by atoms with Crippen LogP contribution in [0.25, 0.3) is 0 Å². The molecule has 1 heterocycles. The smallest absolute Gasteiger partial charge is 0.168 e. The maximum atomic E-state index is 5.83. The molecule has 110 valence electrons. The zero-order valence-electron chi connectivity index (χ0n) is 12.7. The first kappa shape index (κ1) is 13.9. The summed E-state index contributed by atoms with van der Waals surface area (Å²) in [6, 6.07) is 13.0. The largest absolute Gasteiger partial charge is 0.487 e. The average Bonchev–Trinajstić information content (AvgIpc) is 2.49. The maximum absolute atomic E-state index is 5.83. The Kier molecular flexibility index (Phi) is 4.09. The Morgan fingerprint density at radius 1 is 1.14 bits per heavy atom. The summed E-state index contributed by atoms with van der Waals surface area (Å²) < 4.78 is 5.83. The number of nitrogens with zero attached hydrogens (tertiary/aromatic N) is 1. The van der Waals surface area contributed by atoms with E-state index in [0.717, 1.165) is 30.8 Å². The van der Waals surface area contributed by atoms with Crippen LogP contribution in [0, 0.1) is 0 Å².